The highest BCUT2D eigenvalue weighted by Crippen LogP contribution is 2.19. The number of hydrogen-bond acceptors (Lipinski definition) is 5. The smallest absolute Gasteiger partial charge is 0.265 e. The molecule has 1 aliphatic rings. The summed E-state index contributed by atoms with van der Waals surface area (Å²) in [6.07, 6.45) is 1.03. The summed E-state index contributed by atoms with van der Waals surface area (Å²) >= 11 is 1.43. The molecule has 0 spiro atoms. The topological polar surface area (TPSA) is 45.7 Å². The fourth-order valence-electron chi connectivity index (χ4n) is 3.49. The Bertz CT molecular complexity index is 704. The van der Waals surface area contributed by atoms with Gasteiger partial charge in [-0.25, -0.2) is 4.98 Å². The van der Waals surface area contributed by atoms with Crippen molar-refractivity contribution in [2.45, 2.75) is 13.3 Å². The Morgan fingerprint density at radius 1 is 1.27 bits per heavy atom. The third-order valence-electron chi connectivity index (χ3n) is 4.87. The molecule has 1 aromatic heterocycles. The molecule has 2 heterocycles. The summed E-state index contributed by atoms with van der Waals surface area (Å²) in [5.74, 6) is 0.437. The Morgan fingerprint density at radius 3 is 2.77 bits per heavy atom. The van der Waals surface area contributed by atoms with Crippen LogP contribution in [-0.2, 0) is 11.2 Å². The number of rotatable bonds is 6. The first-order chi connectivity index (χ1) is 12.7. The highest BCUT2D eigenvalue weighted by Gasteiger charge is 2.27. The molecular weight excluding hydrogens is 346 g/mol. The highest BCUT2D eigenvalue weighted by atomic mass is 32.1. The first-order valence-electron chi connectivity index (χ1n) is 9.12. The van der Waals surface area contributed by atoms with Crippen molar-refractivity contribution in [2.24, 2.45) is 5.92 Å². The second-order valence-electron chi connectivity index (χ2n) is 6.88. The Morgan fingerprint density at radius 2 is 2.08 bits per heavy atom. The molecule has 1 amide bonds. The average Bonchev–Trinajstić information content (AvgIpc) is 2.97. The van der Waals surface area contributed by atoms with Crippen LogP contribution in [0.25, 0.3) is 0 Å². The number of benzene rings is 1. The molecule has 1 saturated heterocycles. The lowest BCUT2D eigenvalue weighted by molar-refractivity contribution is 0.0710. The monoisotopic (exact) mass is 373 g/mol. The minimum atomic E-state index is 0.107. The SMILES string of the molecule is COC[C@@H]1CN(CCc2ccccc2)CCN(C(=O)c2scnc2C)C1. The Kier molecular flexibility index (Phi) is 6.77. The molecule has 140 valence electrons. The van der Waals surface area contributed by atoms with Gasteiger partial charge in [-0.2, -0.15) is 0 Å². The van der Waals surface area contributed by atoms with Crippen LogP contribution in [0.5, 0.6) is 0 Å². The molecule has 0 N–H and O–H groups in total. The van der Waals surface area contributed by atoms with E-state index in [1.165, 1.54) is 16.9 Å². The van der Waals surface area contributed by atoms with Crippen molar-refractivity contribution in [3.05, 3.63) is 52.0 Å². The van der Waals surface area contributed by atoms with E-state index in [2.05, 4.69) is 40.2 Å². The quantitative estimate of drug-likeness (QED) is 0.781. The average molecular weight is 374 g/mol. The summed E-state index contributed by atoms with van der Waals surface area (Å²) < 4.78 is 5.42. The molecule has 2 aromatic rings. The second-order valence-corrected chi connectivity index (χ2v) is 7.73. The molecule has 5 nitrogen and oxygen atoms in total. The zero-order chi connectivity index (χ0) is 18.4. The number of nitrogens with zero attached hydrogens (tertiary/aromatic N) is 3. The Balaban J connectivity index is 1.64. The van der Waals surface area contributed by atoms with Crippen molar-refractivity contribution < 1.29 is 9.53 Å². The van der Waals surface area contributed by atoms with Crippen LogP contribution in [0.15, 0.2) is 35.8 Å². The van der Waals surface area contributed by atoms with Gasteiger partial charge in [0.25, 0.3) is 5.91 Å². The number of hydrogen-bond donors (Lipinski definition) is 0. The summed E-state index contributed by atoms with van der Waals surface area (Å²) in [6, 6.07) is 10.6. The van der Waals surface area contributed by atoms with Gasteiger partial charge in [-0.05, 0) is 18.9 Å². The van der Waals surface area contributed by atoms with Crippen LogP contribution in [0, 0.1) is 12.8 Å². The Hall–Kier alpha value is -1.76. The molecule has 1 aromatic carbocycles. The van der Waals surface area contributed by atoms with E-state index in [9.17, 15) is 4.79 Å². The molecule has 0 unspecified atom stereocenters. The molecule has 0 aliphatic carbocycles. The standard InChI is InChI=1S/C20H27N3O2S/c1-16-19(26-15-21-16)20(24)23-11-10-22(12-18(13-23)14-25-2)9-8-17-6-4-3-5-7-17/h3-7,15,18H,8-14H2,1-2H3/t18-/m1/s1. The molecule has 0 bridgehead atoms. The predicted molar refractivity (Wildman–Crippen MR) is 105 cm³/mol. The van der Waals surface area contributed by atoms with Gasteiger partial charge in [-0.1, -0.05) is 30.3 Å². The van der Waals surface area contributed by atoms with Gasteiger partial charge < -0.3 is 14.5 Å². The van der Waals surface area contributed by atoms with Crippen molar-refractivity contribution in [1.82, 2.24) is 14.8 Å². The van der Waals surface area contributed by atoms with Gasteiger partial charge in [-0.15, -0.1) is 11.3 Å². The van der Waals surface area contributed by atoms with Crippen molar-refractivity contribution in [2.75, 3.05) is 46.4 Å². The van der Waals surface area contributed by atoms with E-state index >= 15 is 0 Å². The second kappa shape index (κ2) is 9.26. The molecule has 1 atom stereocenters. The van der Waals surface area contributed by atoms with E-state index in [1.54, 1.807) is 12.6 Å². The molecule has 0 saturated carbocycles. The van der Waals surface area contributed by atoms with Crippen LogP contribution >= 0.6 is 11.3 Å². The van der Waals surface area contributed by atoms with E-state index in [1.807, 2.05) is 11.8 Å². The van der Waals surface area contributed by atoms with Crippen LogP contribution < -0.4 is 0 Å². The van der Waals surface area contributed by atoms with Crippen LogP contribution in [-0.4, -0.2) is 67.1 Å². The third kappa shape index (κ3) is 4.90. The molecule has 6 heteroatoms. The van der Waals surface area contributed by atoms with E-state index in [4.69, 9.17) is 4.74 Å². The van der Waals surface area contributed by atoms with Gasteiger partial charge in [0.05, 0.1) is 17.8 Å². The van der Waals surface area contributed by atoms with Crippen molar-refractivity contribution in [3.8, 4) is 0 Å². The van der Waals surface area contributed by atoms with Gasteiger partial charge in [0.15, 0.2) is 0 Å². The van der Waals surface area contributed by atoms with Crippen molar-refractivity contribution in [3.63, 3.8) is 0 Å². The summed E-state index contributed by atoms with van der Waals surface area (Å²) in [6.45, 7) is 6.94. The predicted octanol–water partition coefficient (Wildman–Crippen LogP) is 2.71. The number of carbonyl (C=O) groups excluding carboxylic acids is 1. The fourth-order valence-corrected chi connectivity index (χ4v) is 4.26. The fraction of sp³-hybridized carbons (Fsp3) is 0.500. The van der Waals surface area contributed by atoms with Gasteiger partial charge >= 0.3 is 0 Å². The van der Waals surface area contributed by atoms with Gasteiger partial charge in [-0.3, -0.25) is 4.79 Å². The largest absolute Gasteiger partial charge is 0.384 e. The van der Waals surface area contributed by atoms with Gasteiger partial charge in [0.1, 0.15) is 4.88 Å². The number of carbonyl (C=O) groups is 1. The number of aryl methyl sites for hydroxylation is 1. The van der Waals surface area contributed by atoms with Crippen LogP contribution in [0.2, 0.25) is 0 Å². The summed E-state index contributed by atoms with van der Waals surface area (Å²) in [5.41, 5.74) is 3.93. The van der Waals surface area contributed by atoms with E-state index in [-0.39, 0.29) is 5.91 Å². The zero-order valence-electron chi connectivity index (χ0n) is 15.6. The molecule has 1 fully saturated rings. The number of methoxy groups -OCH3 is 1. The maximum absolute atomic E-state index is 12.9. The minimum Gasteiger partial charge on any atom is -0.384 e. The summed E-state index contributed by atoms with van der Waals surface area (Å²) in [7, 11) is 1.73. The Labute approximate surface area is 159 Å². The van der Waals surface area contributed by atoms with E-state index in [0.29, 0.717) is 12.5 Å². The maximum Gasteiger partial charge on any atom is 0.265 e. The van der Waals surface area contributed by atoms with Crippen LogP contribution in [0.3, 0.4) is 0 Å². The number of aromatic nitrogens is 1. The van der Waals surface area contributed by atoms with Gasteiger partial charge in [0, 0.05) is 45.8 Å². The lowest BCUT2D eigenvalue weighted by atomic mass is 10.1. The van der Waals surface area contributed by atoms with Crippen LogP contribution in [0.4, 0.5) is 0 Å². The first-order valence-corrected chi connectivity index (χ1v) is 10.00. The highest BCUT2D eigenvalue weighted by molar-refractivity contribution is 7.11. The number of amides is 1. The van der Waals surface area contributed by atoms with Crippen LogP contribution in [0.1, 0.15) is 20.9 Å². The van der Waals surface area contributed by atoms with E-state index in [0.717, 1.165) is 49.7 Å². The normalized spacial score (nSPS) is 18.7. The third-order valence-corrected chi connectivity index (χ3v) is 5.79. The maximum atomic E-state index is 12.9. The van der Waals surface area contributed by atoms with Crippen molar-refractivity contribution in [1.29, 1.82) is 0 Å². The minimum absolute atomic E-state index is 0.107. The van der Waals surface area contributed by atoms with Gasteiger partial charge in [0.2, 0.25) is 0 Å². The lowest BCUT2D eigenvalue weighted by Gasteiger charge is -2.24. The number of thiazole rings is 1. The molecular formula is C20H27N3O2S. The first kappa shape index (κ1) is 19.0. The summed E-state index contributed by atoms with van der Waals surface area (Å²) in [5, 5.41) is 0. The molecule has 0 radical (unpaired) electrons. The molecule has 3 rings (SSSR count). The molecule has 26 heavy (non-hydrogen) atoms. The summed E-state index contributed by atoms with van der Waals surface area (Å²) in [4.78, 5) is 22.3. The van der Waals surface area contributed by atoms with E-state index < -0.39 is 0 Å². The molecule has 1 aliphatic heterocycles. The lowest BCUT2D eigenvalue weighted by Crippen LogP contribution is -2.36. The van der Waals surface area contributed by atoms with Crippen molar-refractivity contribution >= 4 is 17.2 Å². The zero-order valence-corrected chi connectivity index (χ0v) is 16.4. The number of ether oxygens (including phenoxy) is 1.